The molecule has 0 saturated heterocycles. The SMILES string of the molecule is CN(Cc1ncn[nH]1)C(=O)CSCc1cccc(Cl)c1. The first kappa shape index (κ1) is 14.9. The van der Waals surface area contributed by atoms with Gasteiger partial charge in [0.05, 0.1) is 12.3 Å². The van der Waals surface area contributed by atoms with Crippen LogP contribution in [0.5, 0.6) is 0 Å². The first-order chi connectivity index (χ1) is 9.65. The summed E-state index contributed by atoms with van der Waals surface area (Å²) in [6.45, 7) is 0.441. The van der Waals surface area contributed by atoms with E-state index >= 15 is 0 Å². The summed E-state index contributed by atoms with van der Waals surface area (Å²) in [6, 6.07) is 7.67. The summed E-state index contributed by atoms with van der Waals surface area (Å²) in [5.74, 6) is 1.94. The maximum absolute atomic E-state index is 11.9. The summed E-state index contributed by atoms with van der Waals surface area (Å²) >= 11 is 7.48. The molecular formula is C13H15ClN4OS. The Kier molecular flexibility index (Phi) is 5.43. The van der Waals surface area contributed by atoms with Gasteiger partial charge in [0.1, 0.15) is 12.2 Å². The number of aromatic amines is 1. The zero-order valence-corrected chi connectivity index (χ0v) is 12.6. The summed E-state index contributed by atoms with van der Waals surface area (Å²) in [6.07, 6.45) is 1.43. The minimum absolute atomic E-state index is 0.0634. The van der Waals surface area contributed by atoms with E-state index in [1.807, 2.05) is 24.3 Å². The maximum Gasteiger partial charge on any atom is 0.232 e. The molecule has 1 aromatic heterocycles. The van der Waals surface area contributed by atoms with Crippen LogP contribution >= 0.6 is 23.4 Å². The molecule has 1 amide bonds. The van der Waals surface area contributed by atoms with Crippen LogP contribution in [0.15, 0.2) is 30.6 Å². The van der Waals surface area contributed by atoms with Crippen molar-refractivity contribution in [3.8, 4) is 0 Å². The van der Waals surface area contributed by atoms with Crippen molar-refractivity contribution in [1.82, 2.24) is 20.1 Å². The van der Waals surface area contributed by atoms with Crippen LogP contribution in [0.3, 0.4) is 0 Å². The average molecular weight is 311 g/mol. The van der Waals surface area contributed by atoms with Crippen LogP contribution in [-0.2, 0) is 17.1 Å². The molecular weight excluding hydrogens is 296 g/mol. The predicted molar refractivity (Wildman–Crippen MR) is 80.5 cm³/mol. The molecule has 20 heavy (non-hydrogen) atoms. The van der Waals surface area contributed by atoms with Crippen molar-refractivity contribution < 1.29 is 4.79 Å². The van der Waals surface area contributed by atoms with Crippen LogP contribution in [0.2, 0.25) is 5.02 Å². The molecule has 1 N–H and O–H groups in total. The summed E-state index contributed by atoms with van der Waals surface area (Å²) in [4.78, 5) is 17.6. The molecule has 106 valence electrons. The minimum Gasteiger partial charge on any atom is -0.338 e. The van der Waals surface area contributed by atoms with Gasteiger partial charge in [-0.2, -0.15) is 5.10 Å². The van der Waals surface area contributed by atoms with Crippen LogP contribution in [0, 0.1) is 0 Å². The largest absolute Gasteiger partial charge is 0.338 e. The van der Waals surface area contributed by atoms with Gasteiger partial charge in [-0.1, -0.05) is 23.7 Å². The van der Waals surface area contributed by atoms with E-state index < -0.39 is 0 Å². The van der Waals surface area contributed by atoms with Gasteiger partial charge >= 0.3 is 0 Å². The molecule has 5 nitrogen and oxygen atoms in total. The van der Waals surface area contributed by atoms with Crippen LogP contribution in [0.1, 0.15) is 11.4 Å². The minimum atomic E-state index is 0.0634. The van der Waals surface area contributed by atoms with E-state index in [1.54, 1.807) is 23.7 Å². The number of rotatable bonds is 6. The predicted octanol–water partition coefficient (Wildman–Crippen LogP) is 2.35. The summed E-state index contributed by atoms with van der Waals surface area (Å²) in [7, 11) is 1.75. The molecule has 0 aliphatic rings. The van der Waals surface area contributed by atoms with Crippen molar-refractivity contribution in [2.45, 2.75) is 12.3 Å². The monoisotopic (exact) mass is 310 g/mol. The standard InChI is InChI=1S/C13H15ClN4OS/c1-18(6-12-15-9-16-17-12)13(19)8-20-7-10-3-2-4-11(14)5-10/h2-5,9H,6-8H2,1H3,(H,15,16,17). The Morgan fingerprint density at radius 2 is 2.35 bits per heavy atom. The Labute approximate surface area is 126 Å². The van der Waals surface area contributed by atoms with E-state index in [1.165, 1.54) is 6.33 Å². The molecule has 0 unspecified atom stereocenters. The number of H-pyrrole nitrogens is 1. The number of aromatic nitrogens is 3. The fourth-order valence-electron chi connectivity index (χ4n) is 1.61. The Balaban J connectivity index is 1.74. The molecule has 0 aliphatic carbocycles. The Morgan fingerprint density at radius 1 is 1.50 bits per heavy atom. The number of halogens is 1. The summed E-state index contributed by atoms with van der Waals surface area (Å²) in [5.41, 5.74) is 1.12. The van der Waals surface area contributed by atoms with Gasteiger partial charge in [0.15, 0.2) is 0 Å². The highest BCUT2D eigenvalue weighted by Gasteiger charge is 2.10. The zero-order valence-electron chi connectivity index (χ0n) is 11.0. The zero-order chi connectivity index (χ0) is 14.4. The van der Waals surface area contributed by atoms with Crippen molar-refractivity contribution >= 4 is 29.3 Å². The number of benzene rings is 1. The molecule has 0 aliphatic heterocycles. The highest BCUT2D eigenvalue weighted by atomic mass is 35.5. The third kappa shape index (κ3) is 4.54. The molecule has 0 atom stereocenters. The van der Waals surface area contributed by atoms with Crippen molar-refractivity contribution in [3.05, 3.63) is 47.0 Å². The van der Waals surface area contributed by atoms with E-state index in [0.29, 0.717) is 18.1 Å². The molecule has 0 saturated carbocycles. The van der Waals surface area contributed by atoms with Gasteiger partial charge in [0.2, 0.25) is 5.91 Å². The van der Waals surface area contributed by atoms with E-state index in [0.717, 1.165) is 16.3 Å². The Morgan fingerprint density at radius 3 is 3.05 bits per heavy atom. The highest BCUT2D eigenvalue weighted by Crippen LogP contribution is 2.16. The number of nitrogens with one attached hydrogen (secondary N) is 1. The molecule has 0 radical (unpaired) electrons. The number of thioether (sulfide) groups is 1. The molecule has 0 fully saturated rings. The maximum atomic E-state index is 11.9. The summed E-state index contributed by atoms with van der Waals surface area (Å²) in [5, 5.41) is 7.21. The van der Waals surface area contributed by atoms with Crippen LogP contribution in [-0.4, -0.2) is 38.8 Å². The number of carbonyl (C=O) groups excluding carboxylic acids is 1. The van der Waals surface area contributed by atoms with Gasteiger partial charge in [-0.25, -0.2) is 4.98 Å². The topological polar surface area (TPSA) is 61.9 Å². The second-order valence-corrected chi connectivity index (χ2v) is 5.73. The first-order valence-corrected chi connectivity index (χ1v) is 7.59. The molecule has 2 rings (SSSR count). The smallest absolute Gasteiger partial charge is 0.232 e. The molecule has 0 bridgehead atoms. The van der Waals surface area contributed by atoms with Gasteiger partial charge in [0.25, 0.3) is 0 Å². The van der Waals surface area contributed by atoms with Crippen LogP contribution in [0.4, 0.5) is 0 Å². The molecule has 0 spiro atoms. The lowest BCUT2D eigenvalue weighted by molar-refractivity contribution is -0.127. The Hall–Kier alpha value is -1.53. The van der Waals surface area contributed by atoms with E-state index in [-0.39, 0.29) is 5.91 Å². The third-order valence-electron chi connectivity index (χ3n) is 2.66. The number of hydrogen-bond donors (Lipinski definition) is 1. The fraction of sp³-hybridized carbons (Fsp3) is 0.308. The van der Waals surface area contributed by atoms with E-state index in [4.69, 9.17) is 11.6 Å². The van der Waals surface area contributed by atoms with Gasteiger partial charge in [-0.15, -0.1) is 11.8 Å². The van der Waals surface area contributed by atoms with Crippen molar-refractivity contribution in [3.63, 3.8) is 0 Å². The quantitative estimate of drug-likeness (QED) is 0.889. The lowest BCUT2D eigenvalue weighted by atomic mass is 10.2. The van der Waals surface area contributed by atoms with Gasteiger partial charge in [-0.05, 0) is 17.7 Å². The normalized spacial score (nSPS) is 10.5. The van der Waals surface area contributed by atoms with E-state index in [2.05, 4.69) is 15.2 Å². The van der Waals surface area contributed by atoms with Gasteiger partial charge < -0.3 is 4.90 Å². The second kappa shape index (κ2) is 7.31. The Bertz CT molecular complexity index is 561. The van der Waals surface area contributed by atoms with Crippen molar-refractivity contribution in [2.24, 2.45) is 0 Å². The molecule has 1 aromatic carbocycles. The first-order valence-electron chi connectivity index (χ1n) is 6.05. The van der Waals surface area contributed by atoms with Crippen molar-refractivity contribution in [2.75, 3.05) is 12.8 Å². The fourth-order valence-corrected chi connectivity index (χ4v) is 2.74. The summed E-state index contributed by atoms with van der Waals surface area (Å²) < 4.78 is 0. The van der Waals surface area contributed by atoms with Crippen molar-refractivity contribution in [1.29, 1.82) is 0 Å². The third-order valence-corrected chi connectivity index (χ3v) is 3.88. The molecule has 7 heteroatoms. The number of amides is 1. The second-order valence-electron chi connectivity index (χ2n) is 4.30. The highest BCUT2D eigenvalue weighted by molar-refractivity contribution is 7.99. The lowest BCUT2D eigenvalue weighted by Crippen LogP contribution is -2.28. The van der Waals surface area contributed by atoms with Crippen LogP contribution in [0.25, 0.3) is 0 Å². The molecule has 2 aromatic rings. The number of hydrogen-bond acceptors (Lipinski definition) is 4. The average Bonchev–Trinajstić information content (AvgIpc) is 2.91. The molecule has 1 heterocycles. The van der Waals surface area contributed by atoms with Crippen LogP contribution < -0.4 is 0 Å². The van der Waals surface area contributed by atoms with Gasteiger partial charge in [0, 0.05) is 17.8 Å². The van der Waals surface area contributed by atoms with E-state index in [9.17, 15) is 4.79 Å². The van der Waals surface area contributed by atoms with Gasteiger partial charge in [-0.3, -0.25) is 9.89 Å². The number of carbonyl (C=O) groups is 1. The lowest BCUT2D eigenvalue weighted by Gasteiger charge is -2.15. The number of nitrogens with zero attached hydrogens (tertiary/aromatic N) is 3.